The maximum absolute atomic E-state index is 14.2. The van der Waals surface area contributed by atoms with Crippen LogP contribution >= 0.6 is 11.6 Å². The van der Waals surface area contributed by atoms with Gasteiger partial charge in [-0.2, -0.15) is 18.3 Å². The van der Waals surface area contributed by atoms with E-state index in [0.29, 0.717) is 45.8 Å². The second-order valence-electron chi connectivity index (χ2n) is 10.6. The normalized spacial score (nSPS) is 16.3. The summed E-state index contributed by atoms with van der Waals surface area (Å²) >= 11 is 6.47. The van der Waals surface area contributed by atoms with Crippen LogP contribution in [0, 0.1) is 0 Å². The minimum absolute atomic E-state index is 0.00358. The molecule has 11 nitrogen and oxygen atoms in total. The van der Waals surface area contributed by atoms with Gasteiger partial charge in [0.15, 0.2) is 11.6 Å². The Balaban J connectivity index is 1.56. The highest BCUT2D eigenvalue weighted by Gasteiger charge is 2.45. The summed E-state index contributed by atoms with van der Waals surface area (Å²) in [5, 5.41) is 9.47. The molecular weight excluding hydrogens is 615 g/mol. The molecule has 5 heterocycles. The molecule has 45 heavy (non-hydrogen) atoms. The van der Waals surface area contributed by atoms with E-state index in [-0.39, 0.29) is 29.5 Å². The number of fused-ring (bicyclic) bond motifs is 1. The highest BCUT2D eigenvalue weighted by Crippen LogP contribution is 2.43. The van der Waals surface area contributed by atoms with Crippen molar-refractivity contribution in [2.45, 2.75) is 44.3 Å². The molecule has 0 N–H and O–H groups in total. The van der Waals surface area contributed by atoms with Gasteiger partial charge in [0.25, 0.3) is 0 Å². The Labute approximate surface area is 261 Å². The molecular formula is C30H31ClF3N7O4. The SMILES string of the molecule is COc1ccc(Cn2nc(-c3c(-c4cnn(C5CCCCO5)c4)c4nc(OC)c(Cl)cc4n3C)nc2C(OC)C(F)(F)F)cc1. The fourth-order valence-electron chi connectivity index (χ4n) is 5.59. The number of alkyl halides is 3. The number of rotatable bonds is 9. The number of nitrogens with zero attached hydrogens (tertiary/aromatic N) is 7. The summed E-state index contributed by atoms with van der Waals surface area (Å²) in [6.45, 7) is 0.630. The summed E-state index contributed by atoms with van der Waals surface area (Å²) in [5.41, 5.74) is 3.39. The van der Waals surface area contributed by atoms with Crippen LogP contribution in [0.4, 0.5) is 13.2 Å². The molecule has 0 spiro atoms. The van der Waals surface area contributed by atoms with Crippen molar-refractivity contribution in [2.24, 2.45) is 7.05 Å². The van der Waals surface area contributed by atoms with Gasteiger partial charge in [0.1, 0.15) is 22.5 Å². The van der Waals surface area contributed by atoms with Crippen LogP contribution in [0.5, 0.6) is 11.6 Å². The van der Waals surface area contributed by atoms with E-state index in [1.165, 1.54) is 18.9 Å². The third-order valence-corrected chi connectivity index (χ3v) is 8.07. The highest BCUT2D eigenvalue weighted by molar-refractivity contribution is 6.32. The number of benzene rings is 1. The molecule has 6 rings (SSSR count). The minimum atomic E-state index is -4.75. The number of pyridine rings is 1. The van der Waals surface area contributed by atoms with Crippen LogP contribution in [0.1, 0.15) is 43.0 Å². The molecule has 2 unspecified atom stereocenters. The van der Waals surface area contributed by atoms with Crippen LogP contribution < -0.4 is 9.47 Å². The van der Waals surface area contributed by atoms with Gasteiger partial charge in [-0.25, -0.2) is 19.3 Å². The molecule has 0 bridgehead atoms. The van der Waals surface area contributed by atoms with E-state index in [1.54, 1.807) is 52.8 Å². The lowest BCUT2D eigenvalue weighted by Gasteiger charge is -2.22. The molecule has 0 aliphatic carbocycles. The number of halogens is 4. The molecule has 0 saturated carbocycles. The first-order valence-corrected chi connectivity index (χ1v) is 14.6. The maximum Gasteiger partial charge on any atom is 0.421 e. The second kappa shape index (κ2) is 12.3. The van der Waals surface area contributed by atoms with E-state index in [9.17, 15) is 13.2 Å². The average molecular weight is 646 g/mol. The van der Waals surface area contributed by atoms with Crippen molar-refractivity contribution >= 4 is 22.6 Å². The summed E-state index contributed by atoms with van der Waals surface area (Å²) in [6.07, 6.45) is -1.00. The lowest BCUT2D eigenvalue weighted by molar-refractivity contribution is -0.219. The molecule has 0 amide bonds. The number of methoxy groups -OCH3 is 3. The Hall–Kier alpha value is -4.14. The second-order valence-corrected chi connectivity index (χ2v) is 11.0. The first kappa shape index (κ1) is 30.9. The number of hydrogen-bond acceptors (Lipinski definition) is 8. The fourth-order valence-corrected chi connectivity index (χ4v) is 5.81. The van der Waals surface area contributed by atoms with Gasteiger partial charge < -0.3 is 23.5 Å². The van der Waals surface area contributed by atoms with E-state index in [1.807, 2.05) is 6.20 Å². The van der Waals surface area contributed by atoms with Gasteiger partial charge in [-0.3, -0.25) is 0 Å². The Morgan fingerprint density at radius 3 is 2.51 bits per heavy atom. The highest BCUT2D eigenvalue weighted by atomic mass is 35.5. The van der Waals surface area contributed by atoms with E-state index in [0.717, 1.165) is 26.4 Å². The third kappa shape index (κ3) is 5.85. The molecule has 4 aromatic heterocycles. The van der Waals surface area contributed by atoms with Crippen LogP contribution in [0.25, 0.3) is 33.7 Å². The predicted molar refractivity (Wildman–Crippen MR) is 159 cm³/mol. The predicted octanol–water partition coefficient (Wildman–Crippen LogP) is 6.36. The van der Waals surface area contributed by atoms with Crippen molar-refractivity contribution < 1.29 is 32.1 Å². The van der Waals surface area contributed by atoms with E-state index in [4.69, 9.17) is 30.5 Å². The molecule has 1 aliphatic rings. The molecule has 1 aliphatic heterocycles. The minimum Gasteiger partial charge on any atom is -0.497 e. The van der Waals surface area contributed by atoms with Gasteiger partial charge in [-0.05, 0) is 43.0 Å². The number of aromatic nitrogens is 7. The van der Waals surface area contributed by atoms with Gasteiger partial charge in [-0.1, -0.05) is 23.7 Å². The molecule has 15 heteroatoms. The summed E-state index contributed by atoms with van der Waals surface area (Å²) in [5.74, 6) is 0.448. The van der Waals surface area contributed by atoms with Crippen LogP contribution in [0.15, 0.2) is 42.7 Å². The fraction of sp³-hybridized carbons (Fsp3) is 0.400. The molecule has 0 radical (unpaired) electrons. The Morgan fingerprint density at radius 1 is 1.09 bits per heavy atom. The summed E-state index contributed by atoms with van der Waals surface area (Å²) < 4.78 is 68.9. The smallest absolute Gasteiger partial charge is 0.421 e. The van der Waals surface area contributed by atoms with E-state index in [2.05, 4.69) is 20.2 Å². The van der Waals surface area contributed by atoms with Crippen LogP contribution in [0.2, 0.25) is 5.02 Å². The van der Waals surface area contributed by atoms with Gasteiger partial charge in [0, 0.05) is 38.1 Å². The van der Waals surface area contributed by atoms with Crippen molar-refractivity contribution in [1.29, 1.82) is 0 Å². The van der Waals surface area contributed by atoms with Crippen molar-refractivity contribution in [3.05, 3.63) is 59.1 Å². The van der Waals surface area contributed by atoms with E-state index < -0.39 is 18.1 Å². The average Bonchev–Trinajstić information content (AvgIpc) is 3.74. The summed E-state index contributed by atoms with van der Waals surface area (Å²) in [7, 11) is 5.74. The summed E-state index contributed by atoms with van der Waals surface area (Å²) in [4.78, 5) is 9.15. The monoisotopic (exact) mass is 645 g/mol. The number of hydrogen-bond donors (Lipinski definition) is 0. The first-order valence-electron chi connectivity index (χ1n) is 14.2. The molecule has 5 aromatic rings. The largest absolute Gasteiger partial charge is 0.497 e. The lowest BCUT2D eigenvalue weighted by atomic mass is 10.1. The van der Waals surface area contributed by atoms with Crippen molar-refractivity contribution in [3.8, 4) is 34.3 Å². The van der Waals surface area contributed by atoms with Gasteiger partial charge in [0.05, 0.1) is 38.2 Å². The Morgan fingerprint density at radius 2 is 1.87 bits per heavy atom. The quantitative estimate of drug-likeness (QED) is 0.182. The van der Waals surface area contributed by atoms with Crippen molar-refractivity contribution in [2.75, 3.05) is 27.9 Å². The zero-order chi connectivity index (χ0) is 31.9. The maximum atomic E-state index is 14.2. The van der Waals surface area contributed by atoms with Crippen LogP contribution in [0.3, 0.4) is 0 Å². The van der Waals surface area contributed by atoms with Crippen molar-refractivity contribution in [3.63, 3.8) is 0 Å². The first-order chi connectivity index (χ1) is 21.6. The Bertz CT molecular complexity index is 1810. The topological polar surface area (TPSA) is 103 Å². The van der Waals surface area contributed by atoms with E-state index >= 15 is 0 Å². The molecule has 1 saturated heterocycles. The zero-order valence-corrected chi connectivity index (χ0v) is 25.8. The van der Waals surface area contributed by atoms with Gasteiger partial charge in [0.2, 0.25) is 12.0 Å². The van der Waals surface area contributed by atoms with Gasteiger partial charge >= 0.3 is 6.18 Å². The molecule has 238 valence electrons. The Kier molecular flexibility index (Phi) is 8.46. The van der Waals surface area contributed by atoms with Crippen LogP contribution in [-0.2, 0) is 23.1 Å². The molecule has 1 aromatic carbocycles. The standard InChI is InChI=1S/C30H31ClF3N7O4/c1-39-21-13-20(31)29(44-4)36-24(21)23(18-14-35-40(16-18)22-7-5-6-12-45-22)25(39)27-37-28(26(43-3)30(32,33)34)41(38-27)15-17-8-10-19(42-2)11-9-17/h8-11,13-14,16,22,26H,5-7,12,15H2,1-4H3. The third-order valence-electron chi connectivity index (χ3n) is 7.80. The number of ether oxygens (including phenoxy) is 4. The molecule has 1 fully saturated rings. The molecule has 2 atom stereocenters. The van der Waals surface area contributed by atoms with Crippen molar-refractivity contribution in [1.82, 2.24) is 34.1 Å². The zero-order valence-electron chi connectivity index (χ0n) is 25.0. The summed E-state index contributed by atoms with van der Waals surface area (Å²) in [6, 6.07) is 8.64. The van der Waals surface area contributed by atoms with Crippen LogP contribution in [-0.4, -0.2) is 68.2 Å². The van der Waals surface area contributed by atoms with Gasteiger partial charge in [-0.15, -0.1) is 5.10 Å². The number of aryl methyl sites for hydroxylation is 1. The lowest BCUT2D eigenvalue weighted by Crippen LogP contribution is -2.26.